The third-order valence-electron chi connectivity index (χ3n) is 5.02. The van der Waals surface area contributed by atoms with Gasteiger partial charge in [0.15, 0.2) is 0 Å². The molecule has 136 valence electrons. The fraction of sp³-hybridized carbons (Fsp3) is 0.579. The van der Waals surface area contributed by atoms with E-state index in [2.05, 4.69) is 17.1 Å². The zero-order valence-electron chi connectivity index (χ0n) is 14.9. The van der Waals surface area contributed by atoms with E-state index in [1.165, 1.54) is 0 Å². The first-order chi connectivity index (χ1) is 12.2. The van der Waals surface area contributed by atoms with Crippen molar-refractivity contribution in [3.8, 4) is 0 Å². The van der Waals surface area contributed by atoms with Crippen molar-refractivity contribution >= 4 is 11.8 Å². The van der Waals surface area contributed by atoms with E-state index in [-0.39, 0.29) is 17.9 Å². The number of likely N-dealkylation sites (N-methyl/N-ethyl adjacent to an activating group) is 1. The lowest BCUT2D eigenvalue weighted by molar-refractivity contribution is 0.0643. The number of rotatable bonds is 5. The Balaban J connectivity index is 1.52. The summed E-state index contributed by atoms with van der Waals surface area (Å²) in [4.78, 5) is 29.0. The van der Waals surface area contributed by atoms with Gasteiger partial charge in [0.1, 0.15) is 0 Å². The van der Waals surface area contributed by atoms with E-state index < -0.39 is 0 Å². The van der Waals surface area contributed by atoms with E-state index in [4.69, 9.17) is 4.74 Å². The van der Waals surface area contributed by atoms with Gasteiger partial charge in [-0.15, -0.1) is 0 Å². The van der Waals surface area contributed by atoms with Crippen LogP contribution in [-0.4, -0.2) is 73.6 Å². The minimum atomic E-state index is -0.119. The molecule has 25 heavy (non-hydrogen) atoms. The summed E-state index contributed by atoms with van der Waals surface area (Å²) in [5, 5.41) is 2.90. The van der Waals surface area contributed by atoms with Gasteiger partial charge in [-0.1, -0.05) is 6.92 Å². The highest BCUT2D eigenvalue weighted by Crippen LogP contribution is 2.12. The van der Waals surface area contributed by atoms with Gasteiger partial charge in [-0.2, -0.15) is 0 Å². The smallest absolute Gasteiger partial charge is 0.253 e. The lowest BCUT2D eigenvalue weighted by Gasteiger charge is -2.34. The highest BCUT2D eigenvalue weighted by molar-refractivity contribution is 5.97. The zero-order valence-corrected chi connectivity index (χ0v) is 14.9. The van der Waals surface area contributed by atoms with Gasteiger partial charge in [0, 0.05) is 50.5 Å². The molecule has 6 heteroatoms. The van der Waals surface area contributed by atoms with E-state index in [0.29, 0.717) is 17.7 Å². The van der Waals surface area contributed by atoms with Crippen molar-refractivity contribution in [1.29, 1.82) is 0 Å². The number of hydrogen-bond donors (Lipinski definition) is 1. The fourth-order valence-electron chi connectivity index (χ4n) is 3.33. The van der Waals surface area contributed by atoms with E-state index in [1.807, 2.05) is 4.90 Å². The van der Waals surface area contributed by atoms with Crippen molar-refractivity contribution in [2.24, 2.45) is 0 Å². The fourth-order valence-corrected chi connectivity index (χ4v) is 3.33. The number of carbonyl (C=O) groups is 2. The van der Waals surface area contributed by atoms with Crippen LogP contribution in [0, 0.1) is 0 Å². The molecule has 2 aliphatic heterocycles. The van der Waals surface area contributed by atoms with E-state index >= 15 is 0 Å². The first-order valence-corrected chi connectivity index (χ1v) is 9.19. The molecule has 3 rings (SSSR count). The van der Waals surface area contributed by atoms with Gasteiger partial charge < -0.3 is 19.9 Å². The average Bonchev–Trinajstić information content (AvgIpc) is 3.19. The van der Waals surface area contributed by atoms with E-state index in [1.54, 1.807) is 24.3 Å². The Morgan fingerprint density at radius 3 is 2.40 bits per heavy atom. The van der Waals surface area contributed by atoms with Crippen LogP contribution in [0.25, 0.3) is 0 Å². The molecule has 1 atom stereocenters. The SMILES string of the molecule is CCN1CCN(C(=O)c2ccc(C(=O)NCC3CCCO3)cc2)CC1. The van der Waals surface area contributed by atoms with Crippen LogP contribution in [0.15, 0.2) is 24.3 Å². The standard InChI is InChI=1S/C19H27N3O3/c1-2-21-9-11-22(12-10-21)19(24)16-7-5-15(6-8-16)18(23)20-14-17-4-3-13-25-17/h5-8,17H,2-4,9-14H2,1H3,(H,20,23). The number of nitrogens with zero attached hydrogens (tertiary/aromatic N) is 2. The highest BCUT2D eigenvalue weighted by Gasteiger charge is 2.21. The number of ether oxygens (including phenoxy) is 1. The zero-order chi connectivity index (χ0) is 17.6. The summed E-state index contributed by atoms with van der Waals surface area (Å²) in [6.45, 7) is 7.85. The molecule has 1 aromatic rings. The lowest BCUT2D eigenvalue weighted by atomic mass is 10.1. The van der Waals surface area contributed by atoms with Crippen molar-refractivity contribution < 1.29 is 14.3 Å². The number of amides is 2. The minimum Gasteiger partial charge on any atom is -0.376 e. The molecule has 2 aliphatic rings. The Hall–Kier alpha value is -1.92. The van der Waals surface area contributed by atoms with Crippen molar-refractivity contribution in [2.45, 2.75) is 25.9 Å². The van der Waals surface area contributed by atoms with Crippen LogP contribution < -0.4 is 5.32 Å². The monoisotopic (exact) mass is 345 g/mol. The third kappa shape index (κ3) is 4.58. The maximum absolute atomic E-state index is 12.6. The topological polar surface area (TPSA) is 61.9 Å². The number of piperazine rings is 1. The molecule has 2 saturated heterocycles. The summed E-state index contributed by atoms with van der Waals surface area (Å²) < 4.78 is 5.50. The number of benzene rings is 1. The van der Waals surface area contributed by atoms with Crippen molar-refractivity contribution in [3.05, 3.63) is 35.4 Å². The second kappa shape index (κ2) is 8.45. The maximum atomic E-state index is 12.6. The van der Waals surface area contributed by atoms with E-state index in [9.17, 15) is 9.59 Å². The quantitative estimate of drug-likeness (QED) is 0.876. The Morgan fingerprint density at radius 1 is 1.12 bits per heavy atom. The molecule has 0 radical (unpaired) electrons. The van der Waals surface area contributed by atoms with Crippen LogP contribution in [-0.2, 0) is 4.74 Å². The first kappa shape index (κ1) is 17.9. The molecule has 6 nitrogen and oxygen atoms in total. The summed E-state index contributed by atoms with van der Waals surface area (Å²) in [5.41, 5.74) is 1.21. The largest absolute Gasteiger partial charge is 0.376 e. The van der Waals surface area contributed by atoms with Gasteiger partial charge in [0.25, 0.3) is 11.8 Å². The predicted octanol–water partition coefficient (Wildman–Crippen LogP) is 1.37. The molecule has 0 aromatic heterocycles. The van der Waals surface area contributed by atoms with Crippen molar-refractivity contribution in [2.75, 3.05) is 45.9 Å². The summed E-state index contributed by atoms with van der Waals surface area (Å²) in [7, 11) is 0. The Kier molecular flexibility index (Phi) is 6.04. The Bertz CT molecular complexity index is 588. The molecule has 0 bridgehead atoms. The van der Waals surface area contributed by atoms with Gasteiger partial charge in [-0.05, 0) is 43.7 Å². The predicted molar refractivity (Wildman–Crippen MR) is 95.8 cm³/mol. The average molecular weight is 345 g/mol. The molecule has 1 N–H and O–H groups in total. The number of nitrogens with one attached hydrogen (secondary N) is 1. The van der Waals surface area contributed by atoms with Gasteiger partial charge in [0.2, 0.25) is 0 Å². The van der Waals surface area contributed by atoms with Crippen LogP contribution in [0.1, 0.15) is 40.5 Å². The Morgan fingerprint density at radius 2 is 1.80 bits per heavy atom. The summed E-state index contributed by atoms with van der Waals surface area (Å²) in [6, 6.07) is 6.94. The molecule has 0 saturated carbocycles. The lowest BCUT2D eigenvalue weighted by Crippen LogP contribution is -2.48. The second-order valence-corrected chi connectivity index (χ2v) is 6.65. The van der Waals surface area contributed by atoms with Gasteiger partial charge in [-0.3, -0.25) is 9.59 Å². The Labute approximate surface area is 149 Å². The summed E-state index contributed by atoms with van der Waals surface area (Å²) in [6.07, 6.45) is 2.19. The molecular formula is C19H27N3O3. The van der Waals surface area contributed by atoms with Gasteiger partial charge in [-0.25, -0.2) is 0 Å². The molecule has 2 fully saturated rings. The molecule has 1 unspecified atom stereocenters. The summed E-state index contributed by atoms with van der Waals surface area (Å²) in [5.74, 6) is -0.0758. The highest BCUT2D eigenvalue weighted by atomic mass is 16.5. The van der Waals surface area contributed by atoms with E-state index in [0.717, 1.165) is 52.2 Å². The van der Waals surface area contributed by atoms with Crippen LogP contribution in [0.2, 0.25) is 0 Å². The van der Waals surface area contributed by atoms with Crippen LogP contribution in [0.4, 0.5) is 0 Å². The molecule has 2 heterocycles. The molecule has 1 aromatic carbocycles. The van der Waals surface area contributed by atoms with Crippen LogP contribution in [0.3, 0.4) is 0 Å². The van der Waals surface area contributed by atoms with Crippen LogP contribution >= 0.6 is 0 Å². The summed E-state index contributed by atoms with van der Waals surface area (Å²) >= 11 is 0. The first-order valence-electron chi connectivity index (χ1n) is 9.19. The molecular weight excluding hydrogens is 318 g/mol. The van der Waals surface area contributed by atoms with Gasteiger partial charge >= 0.3 is 0 Å². The van der Waals surface area contributed by atoms with Gasteiger partial charge in [0.05, 0.1) is 6.10 Å². The third-order valence-corrected chi connectivity index (χ3v) is 5.02. The maximum Gasteiger partial charge on any atom is 0.253 e. The normalized spacial score (nSPS) is 21.3. The molecule has 0 spiro atoms. The second-order valence-electron chi connectivity index (χ2n) is 6.65. The molecule has 2 amide bonds. The minimum absolute atomic E-state index is 0.0436. The van der Waals surface area contributed by atoms with Crippen molar-refractivity contribution in [1.82, 2.24) is 15.1 Å². The number of carbonyl (C=O) groups excluding carboxylic acids is 2. The van der Waals surface area contributed by atoms with Crippen LogP contribution in [0.5, 0.6) is 0 Å². The molecule has 0 aliphatic carbocycles. The number of hydrogen-bond acceptors (Lipinski definition) is 4. The van der Waals surface area contributed by atoms with Crippen molar-refractivity contribution in [3.63, 3.8) is 0 Å².